The lowest BCUT2D eigenvalue weighted by atomic mass is 10.2. The van der Waals surface area contributed by atoms with Crippen LogP contribution in [0.1, 0.15) is 47.8 Å². The predicted molar refractivity (Wildman–Crippen MR) is 67.9 cm³/mol. The fraction of sp³-hybridized carbons (Fsp3) is 0.615. The number of aryl methyl sites for hydroxylation is 2. The maximum atomic E-state index is 4.77. The van der Waals surface area contributed by atoms with E-state index < -0.39 is 0 Å². The van der Waals surface area contributed by atoms with Crippen LogP contribution in [0, 0.1) is 0 Å². The van der Waals surface area contributed by atoms with Crippen LogP contribution in [0.3, 0.4) is 0 Å². The maximum Gasteiger partial charge on any atom is 0.110 e. The molecule has 2 aliphatic carbocycles. The van der Waals surface area contributed by atoms with Crippen LogP contribution < -0.4 is 5.32 Å². The standard InChI is InChI=1S/C13H18N2S/c1-9(14-10-5-2-3-6-10)13-15-11-7-4-8-12(11)16-13/h2-3,9-10,14H,4-8H2,1H3. The summed E-state index contributed by atoms with van der Waals surface area (Å²) in [6.07, 6.45) is 10.7. The summed E-state index contributed by atoms with van der Waals surface area (Å²) in [5, 5.41) is 4.96. The number of hydrogen-bond acceptors (Lipinski definition) is 3. The lowest BCUT2D eigenvalue weighted by Crippen LogP contribution is -2.29. The van der Waals surface area contributed by atoms with Gasteiger partial charge >= 0.3 is 0 Å². The van der Waals surface area contributed by atoms with Gasteiger partial charge in [-0.2, -0.15) is 0 Å². The van der Waals surface area contributed by atoms with E-state index in [2.05, 4.69) is 24.4 Å². The Kier molecular flexibility index (Phi) is 2.82. The zero-order valence-corrected chi connectivity index (χ0v) is 10.5. The molecular formula is C13H18N2S. The molecule has 3 heteroatoms. The summed E-state index contributed by atoms with van der Waals surface area (Å²) in [6, 6.07) is 1.05. The van der Waals surface area contributed by atoms with Crippen molar-refractivity contribution in [2.24, 2.45) is 0 Å². The van der Waals surface area contributed by atoms with E-state index in [0.717, 1.165) is 0 Å². The minimum Gasteiger partial charge on any atom is -0.305 e. The maximum absolute atomic E-state index is 4.77. The van der Waals surface area contributed by atoms with Crippen LogP contribution in [-0.2, 0) is 12.8 Å². The summed E-state index contributed by atoms with van der Waals surface area (Å²) >= 11 is 1.92. The molecule has 0 saturated heterocycles. The minimum atomic E-state index is 0.417. The van der Waals surface area contributed by atoms with E-state index in [1.165, 1.54) is 47.7 Å². The molecule has 1 aromatic rings. The van der Waals surface area contributed by atoms with Crippen LogP contribution in [0.15, 0.2) is 12.2 Å². The molecule has 2 nitrogen and oxygen atoms in total. The van der Waals surface area contributed by atoms with Crippen molar-refractivity contribution < 1.29 is 0 Å². The lowest BCUT2D eigenvalue weighted by Gasteiger charge is -2.17. The topological polar surface area (TPSA) is 24.9 Å². The molecule has 0 radical (unpaired) electrons. The molecule has 16 heavy (non-hydrogen) atoms. The highest BCUT2D eigenvalue weighted by atomic mass is 32.1. The van der Waals surface area contributed by atoms with Gasteiger partial charge in [0.15, 0.2) is 0 Å². The van der Waals surface area contributed by atoms with Gasteiger partial charge in [0.1, 0.15) is 5.01 Å². The molecular weight excluding hydrogens is 216 g/mol. The largest absolute Gasteiger partial charge is 0.305 e. The molecule has 3 rings (SSSR count). The first-order valence-corrected chi connectivity index (χ1v) is 7.04. The monoisotopic (exact) mass is 234 g/mol. The van der Waals surface area contributed by atoms with Gasteiger partial charge in [0.25, 0.3) is 0 Å². The average molecular weight is 234 g/mol. The van der Waals surface area contributed by atoms with Crippen molar-refractivity contribution >= 4 is 11.3 Å². The van der Waals surface area contributed by atoms with Crippen molar-refractivity contribution in [3.05, 3.63) is 27.7 Å². The molecule has 2 aliphatic rings. The Bertz CT molecular complexity index is 379. The molecule has 0 fully saturated rings. The quantitative estimate of drug-likeness (QED) is 0.813. The fourth-order valence-electron chi connectivity index (χ4n) is 2.57. The summed E-state index contributed by atoms with van der Waals surface area (Å²) in [6.45, 7) is 2.24. The molecule has 86 valence electrons. The molecule has 0 spiro atoms. The highest BCUT2D eigenvalue weighted by molar-refractivity contribution is 7.11. The zero-order chi connectivity index (χ0) is 11.0. The summed E-state index contributed by atoms with van der Waals surface area (Å²) in [4.78, 5) is 6.30. The van der Waals surface area contributed by atoms with Gasteiger partial charge in [0.05, 0.1) is 11.7 Å². The van der Waals surface area contributed by atoms with Crippen LogP contribution in [0.25, 0.3) is 0 Å². The van der Waals surface area contributed by atoms with Crippen LogP contribution >= 0.6 is 11.3 Å². The Hall–Kier alpha value is -0.670. The Morgan fingerprint density at radius 3 is 2.94 bits per heavy atom. The van der Waals surface area contributed by atoms with Gasteiger partial charge < -0.3 is 5.32 Å². The predicted octanol–water partition coefficient (Wildman–Crippen LogP) is 3.00. The van der Waals surface area contributed by atoms with Gasteiger partial charge in [-0.15, -0.1) is 11.3 Å². The first-order chi connectivity index (χ1) is 7.83. The van der Waals surface area contributed by atoms with Crippen LogP contribution in [0.2, 0.25) is 0 Å². The van der Waals surface area contributed by atoms with Crippen LogP contribution in [0.5, 0.6) is 0 Å². The number of nitrogens with one attached hydrogen (secondary N) is 1. The second-order valence-electron chi connectivity index (χ2n) is 4.80. The van der Waals surface area contributed by atoms with Crippen molar-refractivity contribution in [1.29, 1.82) is 0 Å². The molecule has 1 heterocycles. The Morgan fingerprint density at radius 2 is 2.19 bits per heavy atom. The van der Waals surface area contributed by atoms with Crippen LogP contribution in [0.4, 0.5) is 0 Å². The van der Waals surface area contributed by atoms with Crippen molar-refractivity contribution in [2.75, 3.05) is 0 Å². The molecule has 0 bridgehead atoms. The molecule has 0 aliphatic heterocycles. The Balaban J connectivity index is 1.66. The highest BCUT2D eigenvalue weighted by Gasteiger charge is 2.21. The van der Waals surface area contributed by atoms with E-state index in [0.29, 0.717) is 12.1 Å². The second kappa shape index (κ2) is 4.30. The Morgan fingerprint density at radius 1 is 1.38 bits per heavy atom. The smallest absolute Gasteiger partial charge is 0.110 e. The third-order valence-electron chi connectivity index (χ3n) is 3.48. The zero-order valence-electron chi connectivity index (χ0n) is 9.70. The minimum absolute atomic E-state index is 0.417. The van der Waals surface area contributed by atoms with Crippen molar-refractivity contribution in [3.8, 4) is 0 Å². The molecule has 1 unspecified atom stereocenters. The molecule has 0 amide bonds. The second-order valence-corrected chi connectivity index (χ2v) is 5.92. The molecule has 1 aromatic heterocycles. The molecule has 1 N–H and O–H groups in total. The lowest BCUT2D eigenvalue weighted by molar-refractivity contribution is 0.469. The summed E-state index contributed by atoms with van der Waals surface area (Å²) in [5.74, 6) is 0. The normalized spacial score (nSPS) is 21.6. The third kappa shape index (κ3) is 1.94. The molecule has 1 atom stereocenters. The summed E-state index contributed by atoms with van der Waals surface area (Å²) in [7, 11) is 0. The van der Waals surface area contributed by atoms with Crippen molar-refractivity contribution in [2.45, 2.75) is 51.1 Å². The van der Waals surface area contributed by atoms with E-state index >= 15 is 0 Å². The number of thiazole rings is 1. The van der Waals surface area contributed by atoms with Gasteiger partial charge in [-0.3, -0.25) is 0 Å². The summed E-state index contributed by atoms with van der Waals surface area (Å²) < 4.78 is 0. The van der Waals surface area contributed by atoms with E-state index in [4.69, 9.17) is 4.98 Å². The third-order valence-corrected chi connectivity index (χ3v) is 4.82. The van der Waals surface area contributed by atoms with Gasteiger partial charge in [-0.05, 0) is 39.0 Å². The molecule has 0 aromatic carbocycles. The average Bonchev–Trinajstić information content (AvgIpc) is 2.91. The number of aromatic nitrogens is 1. The number of hydrogen-bond donors (Lipinski definition) is 1. The van der Waals surface area contributed by atoms with Gasteiger partial charge in [-0.25, -0.2) is 4.98 Å². The van der Waals surface area contributed by atoms with Crippen molar-refractivity contribution in [3.63, 3.8) is 0 Å². The SMILES string of the molecule is CC(NC1CC=CC1)c1nc2c(s1)CCC2. The van der Waals surface area contributed by atoms with E-state index in [1.54, 1.807) is 0 Å². The highest BCUT2D eigenvalue weighted by Crippen LogP contribution is 2.31. The summed E-state index contributed by atoms with van der Waals surface area (Å²) in [5.41, 5.74) is 1.37. The number of rotatable bonds is 3. The van der Waals surface area contributed by atoms with E-state index in [-0.39, 0.29) is 0 Å². The fourth-order valence-corrected chi connectivity index (χ4v) is 3.74. The molecule has 0 saturated carbocycles. The number of fused-ring (bicyclic) bond motifs is 1. The van der Waals surface area contributed by atoms with Crippen LogP contribution in [-0.4, -0.2) is 11.0 Å². The first-order valence-electron chi connectivity index (χ1n) is 6.22. The first kappa shape index (κ1) is 10.5. The van der Waals surface area contributed by atoms with Gasteiger partial charge in [0, 0.05) is 10.9 Å². The van der Waals surface area contributed by atoms with Crippen molar-refractivity contribution in [1.82, 2.24) is 10.3 Å². The number of nitrogens with zero attached hydrogens (tertiary/aromatic N) is 1. The van der Waals surface area contributed by atoms with Gasteiger partial charge in [-0.1, -0.05) is 12.2 Å². The van der Waals surface area contributed by atoms with E-state index in [9.17, 15) is 0 Å². The van der Waals surface area contributed by atoms with E-state index in [1.807, 2.05) is 11.3 Å². The van der Waals surface area contributed by atoms with Gasteiger partial charge in [0.2, 0.25) is 0 Å². The Labute approximate surface area is 101 Å².